The molecular weight excluding hydrogens is 292 g/mol. The predicted octanol–water partition coefficient (Wildman–Crippen LogP) is 3.11. The van der Waals surface area contributed by atoms with E-state index in [-0.39, 0.29) is 0 Å². The number of fused-ring (bicyclic) bond motifs is 1. The van der Waals surface area contributed by atoms with Gasteiger partial charge in [-0.2, -0.15) is 0 Å². The number of hydrogen-bond acceptors (Lipinski definition) is 3. The largest absolute Gasteiger partial charge is 0.356 e. The Morgan fingerprint density at radius 2 is 2.14 bits per heavy atom. The third kappa shape index (κ3) is 3.85. The normalized spacial score (nSPS) is 15.6. The monoisotopic (exact) mass is 314 g/mol. The van der Waals surface area contributed by atoms with Gasteiger partial charge in [-0.1, -0.05) is 24.3 Å². The fraction of sp³-hybridized carbons (Fsp3) is 0.412. The minimum Gasteiger partial charge on any atom is -0.356 e. The molecule has 0 fully saturated rings. The maximum Gasteiger partial charge on any atom is 0.191 e. The summed E-state index contributed by atoms with van der Waals surface area (Å²) in [5.41, 5.74) is 1.11. The van der Waals surface area contributed by atoms with Crippen LogP contribution < -0.4 is 10.6 Å². The fourth-order valence-corrected chi connectivity index (χ4v) is 3.61. The van der Waals surface area contributed by atoms with Crippen molar-refractivity contribution in [1.82, 2.24) is 15.6 Å². The topological polar surface area (TPSA) is 49.3 Å². The molecular formula is C17H22N4S. The summed E-state index contributed by atoms with van der Waals surface area (Å²) in [6, 6.07) is 8.82. The van der Waals surface area contributed by atoms with Crippen molar-refractivity contribution in [1.29, 1.82) is 0 Å². The lowest BCUT2D eigenvalue weighted by Gasteiger charge is -2.16. The van der Waals surface area contributed by atoms with Crippen molar-refractivity contribution in [3.8, 4) is 0 Å². The molecule has 5 heteroatoms. The first-order valence-electron chi connectivity index (χ1n) is 7.82. The molecule has 0 unspecified atom stereocenters. The van der Waals surface area contributed by atoms with Crippen LogP contribution in [0.25, 0.3) is 10.2 Å². The molecule has 1 aromatic carbocycles. The standard InChI is InChI=1S/C17H22N4S/c1-18-17(20-13-7-2-3-8-13)19-12-6-11-16-21-14-9-4-5-10-15(14)22-16/h2-5,9-10,13H,6-8,11-12H2,1H3,(H2,18,19,20). The molecule has 4 nitrogen and oxygen atoms in total. The third-order valence-electron chi connectivity index (χ3n) is 3.77. The highest BCUT2D eigenvalue weighted by atomic mass is 32.1. The van der Waals surface area contributed by atoms with Crippen molar-refractivity contribution in [2.45, 2.75) is 31.7 Å². The smallest absolute Gasteiger partial charge is 0.191 e. The lowest BCUT2D eigenvalue weighted by Crippen LogP contribution is -2.42. The maximum atomic E-state index is 4.67. The molecule has 0 bridgehead atoms. The molecule has 0 spiro atoms. The number of nitrogens with one attached hydrogen (secondary N) is 2. The summed E-state index contributed by atoms with van der Waals surface area (Å²) in [5.74, 6) is 0.901. The number of aliphatic imine (C=N–C) groups is 1. The number of para-hydroxylation sites is 1. The first-order valence-corrected chi connectivity index (χ1v) is 8.63. The number of hydrogen-bond donors (Lipinski definition) is 2. The average molecular weight is 314 g/mol. The van der Waals surface area contributed by atoms with Crippen molar-refractivity contribution in [2.24, 2.45) is 4.99 Å². The molecule has 0 atom stereocenters. The second kappa shape index (κ2) is 7.40. The van der Waals surface area contributed by atoms with Crippen LogP contribution in [0, 0.1) is 0 Å². The predicted molar refractivity (Wildman–Crippen MR) is 94.6 cm³/mol. The minimum atomic E-state index is 0.496. The van der Waals surface area contributed by atoms with Crippen molar-refractivity contribution < 1.29 is 0 Å². The summed E-state index contributed by atoms with van der Waals surface area (Å²) >= 11 is 1.80. The summed E-state index contributed by atoms with van der Waals surface area (Å²) in [6.07, 6.45) is 8.69. The van der Waals surface area contributed by atoms with E-state index in [1.807, 2.05) is 13.1 Å². The Labute approximate surface area is 135 Å². The molecule has 1 aliphatic carbocycles. The molecule has 1 heterocycles. The van der Waals surface area contributed by atoms with Gasteiger partial charge in [-0.25, -0.2) is 4.98 Å². The van der Waals surface area contributed by atoms with E-state index in [2.05, 4.69) is 51.0 Å². The summed E-state index contributed by atoms with van der Waals surface area (Å²) in [6.45, 7) is 0.912. The van der Waals surface area contributed by atoms with Crippen LogP contribution in [0.1, 0.15) is 24.3 Å². The zero-order valence-electron chi connectivity index (χ0n) is 12.9. The van der Waals surface area contributed by atoms with Gasteiger partial charge in [0.25, 0.3) is 0 Å². The molecule has 2 aromatic rings. The van der Waals surface area contributed by atoms with Crippen molar-refractivity contribution in [3.05, 3.63) is 41.4 Å². The highest BCUT2D eigenvalue weighted by Crippen LogP contribution is 2.22. The van der Waals surface area contributed by atoms with Gasteiger partial charge in [0.15, 0.2) is 5.96 Å². The fourth-order valence-electron chi connectivity index (χ4n) is 2.60. The number of thiazole rings is 1. The minimum absolute atomic E-state index is 0.496. The zero-order chi connectivity index (χ0) is 15.2. The van der Waals surface area contributed by atoms with Crippen LogP contribution in [-0.4, -0.2) is 30.6 Å². The van der Waals surface area contributed by atoms with Crippen LogP contribution in [0.3, 0.4) is 0 Å². The summed E-state index contributed by atoms with van der Waals surface area (Å²) in [7, 11) is 1.82. The number of aryl methyl sites for hydroxylation is 1. The highest BCUT2D eigenvalue weighted by Gasteiger charge is 2.11. The van der Waals surface area contributed by atoms with Gasteiger partial charge in [0.1, 0.15) is 0 Å². The van der Waals surface area contributed by atoms with E-state index in [1.165, 1.54) is 9.71 Å². The third-order valence-corrected chi connectivity index (χ3v) is 4.87. The molecule has 3 rings (SSSR count). The molecule has 1 aliphatic rings. The second-order valence-electron chi connectivity index (χ2n) is 5.46. The summed E-state index contributed by atoms with van der Waals surface area (Å²) in [5, 5.41) is 8.05. The van der Waals surface area contributed by atoms with Gasteiger partial charge >= 0.3 is 0 Å². The molecule has 116 valence electrons. The Hall–Kier alpha value is -1.88. The number of aromatic nitrogens is 1. The number of guanidine groups is 1. The summed E-state index contributed by atoms with van der Waals surface area (Å²) in [4.78, 5) is 8.95. The molecule has 1 aromatic heterocycles. The van der Waals surface area contributed by atoms with Crippen LogP contribution in [-0.2, 0) is 6.42 Å². The van der Waals surface area contributed by atoms with E-state index >= 15 is 0 Å². The van der Waals surface area contributed by atoms with E-state index < -0.39 is 0 Å². The van der Waals surface area contributed by atoms with Crippen LogP contribution in [0.5, 0.6) is 0 Å². The Morgan fingerprint density at radius 3 is 2.91 bits per heavy atom. The van der Waals surface area contributed by atoms with Crippen molar-refractivity contribution in [2.75, 3.05) is 13.6 Å². The van der Waals surface area contributed by atoms with Gasteiger partial charge in [0, 0.05) is 26.1 Å². The molecule has 22 heavy (non-hydrogen) atoms. The van der Waals surface area contributed by atoms with Crippen molar-refractivity contribution >= 4 is 27.5 Å². The van der Waals surface area contributed by atoms with Gasteiger partial charge in [-0.05, 0) is 31.4 Å². The Morgan fingerprint density at radius 1 is 1.32 bits per heavy atom. The van der Waals surface area contributed by atoms with E-state index in [4.69, 9.17) is 0 Å². The maximum absolute atomic E-state index is 4.67. The van der Waals surface area contributed by atoms with Gasteiger partial charge < -0.3 is 10.6 Å². The lowest BCUT2D eigenvalue weighted by molar-refractivity contribution is 0.628. The van der Waals surface area contributed by atoms with E-state index in [9.17, 15) is 0 Å². The van der Waals surface area contributed by atoms with Gasteiger partial charge in [-0.3, -0.25) is 4.99 Å². The first kappa shape index (κ1) is 15.0. The molecule has 0 saturated carbocycles. The van der Waals surface area contributed by atoms with E-state index in [0.717, 1.165) is 43.7 Å². The van der Waals surface area contributed by atoms with Crippen molar-refractivity contribution in [3.63, 3.8) is 0 Å². The molecule has 0 aliphatic heterocycles. The van der Waals surface area contributed by atoms with Gasteiger partial charge in [0.2, 0.25) is 0 Å². The average Bonchev–Trinajstić information content (AvgIpc) is 3.19. The molecule has 2 N–H and O–H groups in total. The Kier molecular flexibility index (Phi) is 5.06. The SMILES string of the molecule is CN=C(NCCCc1nc2ccccc2s1)NC1CC=CC1. The number of nitrogens with zero attached hydrogens (tertiary/aromatic N) is 2. The highest BCUT2D eigenvalue weighted by molar-refractivity contribution is 7.18. The quantitative estimate of drug-likeness (QED) is 0.386. The van der Waals surface area contributed by atoms with Crippen LogP contribution in [0.15, 0.2) is 41.4 Å². The summed E-state index contributed by atoms with van der Waals surface area (Å²) < 4.78 is 1.27. The van der Waals surface area contributed by atoms with Gasteiger partial charge in [-0.15, -0.1) is 11.3 Å². The van der Waals surface area contributed by atoms with E-state index in [0.29, 0.717) is 6.04 Å². The number of benzene rings is 1. The van der Waals surface area contributed by atoms with Gasteiger partial charge in [0.05, 0.1) is 15.2 Å². The molecule has 0 amide bonds. The molecule has 0 saturated heterocycles. The van der Waals surface area contributed by atoms with E-state index in [1.54, 1.807) is 11.3 Å². The van der Waals surface area contributed by atoms with Crippen LogP contribution in [0.4, 0.5) is 0 Å². The Bertz CT molecular complexity index is 633. The first-order chi connectivity index (χ1) is 10.8. The lowest BCUT2D eigenvalue weighted by atomic mass is 10.2. The second-order valence-corrected chi connectivity index (χ2v) is 6.58. The van der Waals surface area contributed by atoms with Crippen LogP contribution >= 0.6 is 11.3 Å². The number of rotatable bonds is 5. The zero-order valence-corrected chi connectivity index (χ0v) is 13.7. The molecule has 0 radical (unpaired) electrons. The van der Waals surface area contributed by atoms with Crippen LogP contribution in [0.2, 0.25) is 0 Å². The Balaban J connectivity index is 1.42.